The Morgan fingerprint density at radius 2 is 0.633 bits per heavy atom. The van der Waals surface area contributed by atoms with Crippen molar-refractivity contribution in [3.05, 3.63) is 18.2 Å². The number of rotatable bonds is 41. The molecule has 1 rings (SSSR count). The zero-order valence-corrected chi connectivity index (χ0v) is 34.5. The molecule has 0 spiro atoms. The first kappa shape index (κ1) is 46.2. The smallest absolute Gasteiger partial charge is 0.234 e. The second-order valence-electron chi connectivity index (χ2n) is 16.2. The van der Waals surface area contributed by atoms with E-state index in [1.54, 1.807) is 5.82 Å². The van der Waals surface area contributed by atoms with Gasteiger partial charge in [0, 0.05) is 6.42 Å². The average molecular weight is 686 g/mol. The van der Waals surface area contributed by atoms with Gasteiger partial charge in [-0.1, -0.05) is 233 Å². The molecule has 1 heterocycles. The van der Waals surface area contributed by atoms with Gasteiger partial charge in [-0.25, -0.2) is 9.13 Å². The lowest BCUT2D eigenvalue weighted by molar-refractivity contribution is -0.704. The summed E-state index contributed by atoms with van der Waals surface area (Å²) >= 11 is 0. The topological polar surface area (TPSA) is 8.81 Å². The van der Waals surface area contributed by atoms with E-state index in [1.807, 2.05) is 0 Å². The molecule has 0 bridgehead atoms. The largest absolute Gasteiger partial charge is 0.256 e. The summed E-state index contributed by atoms with van der Waals surface area (Å²) in [6, 6.07) is 0. The standard InChI is InChI=1S/C47H93N2/c1-4-7-10-13-15-17-19-21-23-25-27-29-31-33-35-37-39-42-47-48(43-40-12-9-6-3)45-46-49(47)44-41-38-36-34-32-30-28-26-24-22-20-18-16-14-11-8-5-2/h45-46H,4-44H2,1-3H3/q+1. The molecule has 290 valence electrons. The quantitative estimate of drug-likeness (QED) is 0.0479. The Kier molecular flexibility index (Phi) is 36.3. The maximum atomic E-state index is 2.64. The summed E-state index contributed by atoms with van der Waals surface area (Å²) in [4.78, 5) is 0. The van der Waals surface area contributed by atoms with Crippen LogP contribution in [0.25, 0.3) is 0 Å². The van der Waals surface area contributed by atoms with Crippen molar-refractivity contribution in [1.29, 1.82) is 0 Å². The molecular weight excluding hydrogens is 593 g/mol. The van der Waals surface area contributed by atoms with Crippen molar-refractivity contribution in [3.8, 4) is 0 Å². The minimum Gasteiger partial charge on any atom is -0.234 e. The van der Waals surface area contributed by atoms with Gasteiger partial charge in [0.15, 0.2) is 0 Å². The van der Waals surface area contributed by atoms with E-state index in [0.717, 1.165) is 0 Å². The van der Waals surface area contributed by atoms with E-state index in [-0.39, 0.29) is 0 Å². The number of aryl methyl sites for hydroxylation is 2. The molecule has 0 atom stereocenters. The molecule has 2 heteroatoms. The predicted octanol–water partition coefficient (Wildman–Crippen LogP) is 16.2. The molecule has 1 aromatic rings. The van der Waals surface area contributed by atoms with Crippen LogP contribution in [0.1, 0.15) is 271 Å². The van der Waals surface area contributed by atoms with Crippen LogP contribution in [0, 0.1) is 0 Å². The average Bonchev–Trinajstić information content (AvgIpc) is 3.50. The first-order chi connectivity index (χ1) is 24.3. The molecular formula is C47H93N2+. The predicted molar refractivity (Wildman–Crippen MR) is 221 cm³/mol. The zero-order valence-electron chi connectivity index (χ0n) is 34.5. The van der Waals surface area contributed by atoms with Gasteiger partial charge in [-0.3, -0.25) is 0 Å². The van der Waals surface area contributed by atoms with Gasteiger partial charge in [-0.05, 0) is 32.1 Å². The van der Waals surface area contributed by atoms with Crippen LogP contribution >= 0.6 is 0 Å². The van der Waals surface area contributed by atoms with E-state index in [2.05, 4.69) is 42.3 Å². The lowest BCUT2D eigenvalue weighted by Gasteiger charge is -2.07. The van der Waals surface area contributed by atoms with Gasteiger partial charge in [0.2, 0.25) is 0 Å². The summed E-state index contributed by atoms with van der Waals surface area (Å²) in [5.74, 6) is 1.62. The number of hydrogen-bond acceptors (Lipinski definition) is 0. The second kappa shape index (κ2) is 38.4. The lowest BCUT2D eigenvalue weighted by atomic mass is 10.0. The van der Waals surface area contributed by atoms with E-state index in [1.165, 1.54) is 264 Å². The SMILES string of the molecule is CCCCCCCCCCCCCCCCCCCc1n(CCCCCC)cc[n+]1CCCCCCCCCCCCCCCCCCC. The third kappa shape index (κ3) is 30.5. The number of unbranched alkanes of at least 4 members (excludes halogenated alkanes) is 35. The Balaban J connectivity index is 2.09. The molecule has 0 saturated heterocycles. The van der Waals surface area contributed by atoms with E-state index in [9.17, 15) is 0 Å². The molecule has 0 amide bonds. The highest BCUT2D eigenvalue weighted by molar-refractivity contribution is 4.84. The van der Waals surface area contributed by atoms with Crippen molar-refractivity contribution in [2.45, 2.75) is 284 Å². The van der Waals surface area contributed by atoms with Gasteiger partial charge < -0.3 is 0 Å². The molecule has 0 radical (unpaired) electrons. The number of imidazole rings is 1. The summed E-state index contributed by atoms with van der Waals surface area (Å²) < 4.78 is 5.26. The fraction of sp³-hybridized carbons (Fsp3) is 0.936. The maximum Gasteiger partial charge on any atom is 0.256 e. The van der Waals surface area contributed by atoms with Crippen LogP contribution in [0.5, 0.6) is 0 Å². The van der Waals surface area contributed by atoms with Crippen molar-refractivity contribution in [1.82, 2.24) is 4.57 Å². The molecule has 49 heavy (non-hydrogen) atoms. The Hall–Kier alpha value is -0.790. The first-order valence-electron chi connectivity index (χ1n) is 23.4. The van der Waals surface area contributed by atoms with E-state index >= 15 is 0 Å². The summed E-state index contributed by atoms with van der Waals surface area (Å²) in [6.45, 7) is 9.40. The Labute approximate surface area is 310 Å². The molecule has 0 fully saturated rings. The molecule has 0 aliphatic heterocycles. The third-order valence-electron chi connectivity index (χ3n) is 11.3. The van der Waals surface area contributed by atoms with Crippen LogP contribution in [-0.4, -0.2) is 4.57 Å². The third-order valence-corrected chi connectivity index (χ3v) is 11.3. The van der Waals surface area contributed by atoms with Crippen LogP contribution in [0.3, 0.4) is 0 Å². The van der Waals surface area contributed by atoms with Gasteiger partial charge >= 0.3 is 0 Å². The Bertz CT molecular complexity index is 751. The molecule has 0 saturated carbocycles. The van der Waals surface area contributed by atoms with E-state index in [0.29, 0.717) is 0 Å². The number of aromatic nitrogens is 2. The number of nitrogens with zero attached hydrogens (tertiary/aromatic N) is 2. The van der Waals surface area contributed by atoms with E-state index < -0.39 is 0 Å². The molecule has 0 unspecified atom stereocenters. The highest BCUT2D eigenvalue weighted by Crippen LogP contribution is 2.17. The van der Waals surface area contributed by atoms with Crippen molar-refractivity contribution in [2.75, 3.05) is 0 Å². The monoisotopic (exact) mass is 686 g/mol. The van der Waals surface area contributed by atoms with Gasteiger partial charge in [-0.2, -0.15) is 0 Å². The van der Waals surface area contributed by atoms with Gasteiger partial charge in [0.1, 0.15) is 12.4 Å². The second-order valence-corrected chi connectivity index (χ2v) is 16.2. The number of hydrogen-bond donors (Lipinski definition) is 0. The van der Waals surface area contributed by atoms with Crippen LogP contribution in [0.4, 0.5) is 0 Å². The van der Waals surface area contributed by atoms with Gasteiger partial charge in [0.25, 0.3) is 5.82 Å². The zero-order chi connectivity index (χ0) is 35.1. The summed E-state index contributed by atoms with van der Waals surface area (Å²) in [5.41, 5.74) is 0. The van der Waals surface area contributed by atoms with E-state index in [4.69, 9.17) is 0 Å². The summed E-state index contributed by atoms with van der Waals surface area (Å²) in [6.07, 6.45) is 60.9. The Morgan fingerprint density at radius 3 is 0.980 bits per heavy atom. The minimum atomic E-state index is 1.22. The van der Waals surface area contributed by atoms with Gasteiger partial charge in [0.05, 0.1) is 13.1 Å². The van der Waals surface area contributed by atoms with Gasteiger partial charge in [-0.15, -0.1) is 0 Å². The first-order valence-corrected chi connectivity index (χ1v) is 23.4. The summed E-state index contributed by atoms with van der Waals surface area (Å²) in [5, 5.41) is 0. The highest BCUT2D eigenvalue weighted by Gasteiger charge is 2.16. The highest BCUT2D eigenvalue weighted by atomic mass is 15.1. The molecule has 0 N–H and O–H groups in total. The normalized spacial score (nSPS) is 11.7. The minimum absolute atomic E-state index is 1.22. The van der Waals surface area contributed by atoms with Crippen molar-refractivity contribution in [3.63, 3.8) is 0 Å². The maximum absolute atomic E-state index is 2.64. The molecule has 0 aromatic carbocycles. The molecule has 2 nitrogen and oxygen atoms in total. The van der Waals surface area contributed by atoms with Crippen molar-refractivity contribution in [2.24, 2.45) is 0 Å². The van der Waals surface area contributed by atoms with Crippen molar-refractivity contribution < 1.29 is 4.57 Å². The fourth-order valence-corrected chi connectivity index (χ4v) is 7.92. The molecule has 0 aliphatic rings. The van der Waals surface area contributed by atoms with Crippen LogP contribution < -0.4 is 4.57 Å². The van der Waals surface area contributed by atoms with Crippen LogP contribution in [0.15, 0.2) is 12.4 Å². The van der Waals surface area contributed by atoms with Crippen LogP contribution in [-0.2, 0) is 19.5 Å². The molecule has 0 aliphatic carbocycles. The summed E-state index contributed by atoms with van der Waals surface area (Å²) in [7, 11) is 0. The molecule has 1 aromatic heterocycles. The van der Waals surface area contributed by atoms with Crippen LogP contribution in [0.2, 0.25) is 0 Å². The van der Waals surface area contributed by atoms with Crippen molar-refractivity contribution >= 4 is 0 Å². The lowest BCUT2D eigenvalue weighted by Crippen LogP contribution is -2.37. The fourth-order valence-electron chi connectivity index (χ4n) is 7.92. The Morgan fingerprint density at radius 1 is 0.347 bits per heavy atom.